The van der Waals surface area contributed by atoms with Gasteiger partial charge in [0.25, 0.3) is 0 Å². The first kappa shape index (κ1) is 22.9. The number of fused-ring (bicyclic) bond motifs is 1. The predicted octanol–water partition coefficient (Wildman–Crippen LogP) is 5.73. The first-order valence-corrected chi connectivity index (χ1v) is 9.89. The van der Waals surface area contributed by atoms with Crippen LogP contribution in [0.2, 0.25) is 15.1 Å². The minimum absolute atomic E-state index is 0.171. The summed E-state index contributed by atoms with van der Waals surface area (Å²) in [6.45, 7) is 1.10. The van der Waals surface area contributed by atoms with Crippen LogP contribution in [0.4, 0.5) is 17.3 Å². The third kappa shape index (κ3) is 6.10. The minimum atomic E-state index is -6.00. The number of hydrogen-bond donors (Lipinski definition) is 0. The van der Waals surface area contributed by atoms with Crippen LogP contribution in [0, 0.1) is 0 Å². The summed E-state index contributed by atoms with van der Waals surface area (Å²) in [5.41, 5.74) is 1.87. The zero-order valence-corrected chi connectivity index (χ0v) is 17.6. The molecule has 160 valence electrons. The number of ether oxygens (including phenoxy) is 1. The number of halogens is 7. The van der Waals surface area contributed by atoms with Crippen molar-refractivity contribution in [3.63, 3.8) is 0 Å². The van der Waals surface area contributed by atoms with E-state index in [0.717, 1.165) is 12.2 Å². The number of hydrogen-bond acceptors (Lipinski definition) is 2. The van der Waals surface area contributed by atoms with Crippen LogP contribution in [0.15, 0.2) is 48.8 Å². The van der Waals surface area contributed by atoms with Crippen molar-refractivity contribution in [2.24, 2.45) is 0 Å². The van der Waals surface area contributed by atoms with Gasteiger partial charge in [0.1, 0.15) is 12.6 Å². The van der Waals surface area contributed by atoms with Gasteiger partial charge >= 0.3 is 13.1 Å². The SMILES string of the molecule is Clc1cc(Cl)c(-n2c[n+]3c(n2)COC[C@H]3Cc2ccccc2)c(Cl)c1.F[B-](F)(F)F. The summed E-state index contributed by atoms with van der Waals surface area (Å²) >= 11 is 18.7. The van der Waals surface area contributed by atoms with E-state index in [1.54, 1.807) is 16.8 Å². The molecule has 12 heteroatoms. The Morgan fingerprint density at radius 3 is 2.27 bits per heavy atom. The fourth-order valence-corrected chi connectivity index (χ4v) is 4.06. The maximum atomic E-state index is 9.75. The highest BCUT2D eigenvalue weighted by molar-refractivity contribution is 6.50. The third-order valence-electron chi connectivity index (χ3n) is 4.21. The van der Waals surface area contributed by atoms with Gasteiger partial charge in [-0.25, -0.2) is 4.57 Å². The third-order valence-corrected chi connectivity index (χ3v) is 5.01. The van der Waals surface area contributed by atoms with Crippen LogP contribution < -0.4 is 4.57 Å². The normalized spacial score (nSPS) is 15.9. The standard InChI is InChI=1S/C18H15Cl3N3O.BF4/c19-13-7-15(20)18(16(21)8-13)24-11-23-14(9-25-10-17(23)22-24)6-12-4-2-1-3-5-12;2-1(3,4)5/h1-5,7-8,11,14H,6,9-10H2;/q+1;-1/t14-;/m1./s1. The molecule has 0 unspecified atom stereocenters. The molecule has 0 saturated carbocycles. The van der Waals surface area contributed by atoms with Crippen LogP contribution in [-0.4, -0.2) is 23.6 Å². The zero-order chi connectivity index (χ0) is 21.9. The smallest absolute Gasteiger partial charge is 0.418 e. The molecule has 2 aromatic carbocycles. The van der Waals surface area contributed by atoms with Gasteiger partial charge in [0.2, 0.25) is 6.33 Å². The maximum Gasteiger partial charge on any atom is 0.673 e. The van der Waals surface area contributed by atoms with E-state index in [-0.39, 0.29) is 6.04 Å². The Bertz CT molecular complexity index is 989. The lowest BCUT2D eigenvalue weighted by molar-refractivity contribution is -0.742. The van der Waals surface area contributed by atoms with E-state index in [0.29, 0.717) is 34.0 Å². The molecule has 0 fully saturated rings. The quantitative estimate of drug-likeness (QED) is 0.271. The lowest BCUT2D eigenvalue weighted by atomic mass is 10.1. The van der Waals surface area contributed by atoms with Crippen molar-refractivity contribution in [3.05, 3.63) is 75.2 Å². The first-order chi connectivity index (χ1) is 14.1. The topological polar surface area (TPSA) is 30.9 Å². The Balaban J connectivity index is 0.000000461. The number of nitrogens with zero attached hydrogens (tertiary/aromatic N) is 3. The Morgan fingerprint density at radius 1 is 1.07 bits per heavy atom. The van der Waals surface area contributed by atoms with Crippen LogP contribution >= 0.6 is 34.8 Å². The molecule has 4 rings (SSSR count). The lowest BCUT2D eigenvalue weighted by Crippen LogP contribution is -2.48. The highest BCUT2D eigenvalue weighted by Crippen LogP contribution is 2.31. The molecule has 0 N–H and O–H groups in total. The molecule has 0 radical (unpaired) electrons. The van der Waals surface area contributed by atoms with Gasteiger partial charge in [0, 0.05) is 16.5 Å². The Kier molecular flexibility index (Phi) is 7.28. The van der Waals surface area contributed by atoms with Gasteiger partial charge in [-0.2, -0.15) is 0 Å². The van der Waals surface area contributed by atoms with E-state index >= 15 is 0 Å². The number of aromatic nitrogens is 3. The molecular weight excluding hydrogens is 467 g/mol. The second-order valence-corrected chi connectivity index (χ2v) is 7.71. The van der Waals surface area contributed by atoms with Crippen molar-refractivity contribution in [2.75, 3.05) is 6.61 Å². The summed E-state index contributed by atoms with van der Waals surface area (Å²) in [5.74, 6) is 0.842. The zero-order valence-electron chi connectivity index (χ0n) is 15.3. The van der Waals surface area contributed by atoms with Gasteiger partial charge < -0.3 is 22.0 Å². The van der Waals surface area contributed by atoms with Gasteiger partial charge in [-0.3, -0.25) is 0 Å². The van der Waals surface area contributed by atoms with Gasteiger partial charge in [-0.1, -0.05) is 69.8 Å². The summed E-state index contributed by atoms with van der Waals surface area (Å²) in [6.07, 6.45) is 2.79. The van der Waals surface area contributed by atoms with E-state index in [2.05, 4.69) is 21.8 Å². The molecule has 0 aliphatic carbocycles. The molecule has 0 saturated heterocycles. The molecule has 1 atom stereocenters. The van der Waals surface area contributed by atoms with Crippen molar-refractivity contribution in [3.8, 4) is 5.69 Å². The van der Waals surface area contributed by atoms with E-state index in [4.69, 9.17) is 39.5 Å². The van der Waals surface area contributed by atoms with Gasteiger partial charge in [-0.05, 0) is 17.7 Å². The molecule has 0 bridgehead atoms. The highest BCUT2D eigenvalue weighted by atomic mass is 35.5. The average Bonchev–Trinajstić information content (AvgIpc) is 3.05. The minimum Gasteiger partial charge on any atom is -0.418 e. The first-order valence-electron chi connectivity index (χ1n) is 8.75. The van der Waals surface area contributed by atoms with E-state index < -0.39 is 7.25 Å². The summed E-state index contributed by atoms with van der Waals surface area (Å²) < 4.78 is 48.6. The molecule has 1 aliphatic rings. The van der Waals surface area contributed by atoms with Crippen LogP contribution in [0.3, 0.4) is 0 Å². The summed E-state index contributed by atoms with van der Waals surface area (Å²) in [5, 5.41) is 6.01. The lowest BCUT2D eigenvalue weighted by Gasteiger charge is -2.19. The largest absolute Gasteiger partial charge is 0.673 e. The molecule has 1 aromatic heterocycles. The van der Waals surface area contributed by atoms with E-state index in [1.807, 2.05) is 24.5 Å². The predicted molar refractivity (Wildman–Crippen MR) is 108 cm³/mol. The molecule has 2 heterocycles. The Hall–Kier alpha value is -1.81. The van der Waals surface area contributed by atoms with Gasteiger partial charge in [0.15, 0.2) is 5.69 Å². The van der Waals surface area contributed by atoms with Crippen LogP contribution in [0.5, 0.6) is 0 Å². The van der Waals surface area contributed by atoms with Gasteiger partial charge in [-0.15, -0.1) is 0 Å². The molecule has 0 amide bonds. The van der Waals surface area contributed by atoms with Crippen LogP contribution in [-0.2, 0) is 17.8 Å². The molecule has 3 aromatic rings. The van der Waals surface area contributed by atoms with Crippen molar-refractivity contribution in [2.45, 2.75) is 19.1 Å². The summed E-state index contributed by atoms with van der Waals surface area (Å²) in [6, 6.07) is 13.8. The molecule has 1 aliphatic heterocycles. The molecule has 4 nitrogen and oxygen atoms in total. The van der Waals surface area contributed by atoms with Crippen LogP contribution in [0.1, 0.15) is 17.4 Å². The average molecular weight is 483 g/mol. The fourth-order valence-electron chi connectivity index (χ4n) is 3.07. The Morgan fingerprint density at radius 2 is 1.67 bits per heavy atom. The van der Waals surface area contributed by atoms with Crippen molar-refractivity contribution in [1.29, 1.82) is 0 Å². The summed E-state index contributed by atoms with van der Waals surface area (Å²) in [7, 11) is -6.00. The maximum absolute atomic E-state index is 9.75. The van der Waals surface area contributed by atoms with Crippen molar-refractivity contribution >= 4 is 42.1 Å². The molecule has 0 spiro atoms. The molecular formula is C18H15BCl3F4N3O. The monoisotopic (exact) mass is 481 g/mol. The fraction of sp³-hybridized carbons (Fsp3) is 0.222. The second-order valence-electron chi connectivity index (χ2n) is 6.46. The second kappa shape index (κ2) is 9.55. The summed E-state index contributed by atoms with van der Waals surface area (Å²) in [4.78, 5) is 0. The van der Waals surface area contributed by atoms with Crippen LogP contribution in [0.25, 0.3) is 5.69 Å². The van der Waals surface area contributed by atoms with E-state index in [1.165, 1.54) is 5.56 Å². The van der Waals surface area contributed by atoms with Gasteiger partial charge in [0.05, 0.1) is 16.7 Å². The Labute approximate surface area is 185 Å². The molecule has 30 heavy (non-hydrogen) atoms. The van der Waals surface area contributed by atoms with E-state index in [9.17, 15) is 17.3 Å². The van der Waals surface area contributed by atoms with Crippen molar-refractivity contribution < 1.29 is 26.6 Å². The van der Waals surface area contributed by atoms with Crippen molar-refractivity contribution in [1.82, 2.24) is 9.78 Å². The highest BCUT2D eigenvalue weighted by Gasteiger charge is 2.31. The number of benzene rings is 2. The number of rotatable bonds is 3.